The van der Waals surface area contributed by atoms with Crippen molar-refractivity contribution in [2.75, 3.05) is 0 Å². The summed E-state index contributed by atoms with van der Waals surface area (Å²) in [6, 6.07) is 5.55. The summed E-state index contributed by atoms with van der Waals surface area (Å²) in [5.74, 6) is 0.0105. The molecule has 0 spiro atoms. The molecule has 0 aliphatic heterocycles. The fourth-order valence-electron chi connectivity index (χ4n) is 1.28. The van der Waals surface area contributed by atoms with E-state index < -0.39 is 0 Å². The molecule has 1 N–H and O–H groups in total. The van der Waals surface area contributed by atoms with Gasteiger partial charge in [-0.2, -0.15) is 4.73 Å². The zero-order valence-electron chi connectivity index (χ0n) is 9.05. The van der Waals surface area contributed by atoms with Crippen molar-refractivity contribution >= 4 is 17.7 Å². The van der Waals surface area contributed by atoms with Gasteiger partial charge in [0, 0.05) is 18.2 Å². The number of pyridine rings is 1. The van der Waals surface area contributed by atoms with Crippen LogP contribution in [0.1, 0.15) is 19.8 Å². The lowest BCUT2D eigenvalue weighted by Crippen LogP contribution is -2.34. The van der Waals surface area contributed by atoms with Crippen LogP contribution in [-0.2, 0) is 4.79 Å². The molecule has 1 aromatic heterocycles. The molecule has 1 fully saturated rings. The molecule has 86 valence electrons. The molecule has 1 aliphatic carbocycles. The maximum atomic E-state index is 11.7. The molecule has 0 radical (unpaired) electrons. The number of hydrogen-bond acceptors (Lipinski definition) is 3. The fraction of sp³-hybridized carbons (Fsp3) is 0.455. The third kappa shape index (κ3) is 2.88. The van der Waals surface area contributed by atoms with Crippen molar-refractivity contribution in [1.29, 1.82) is 0 Å². The van der Waals surface area contributed by atoms with Gasteiger partial charge in [0.25, 0.3) is 5.03 Å². The Hall–Kier alpha value is -1.23. The van der Waals surface area contributed by atoms with E-state index >= 15 is 0 Å². The van der Waals surface area contributed by atoms with E-state index in [1.807, 2.05) is 6.92 Å². The summed E-state index contributed by atoms with van der Waals surface area (Å²) in [6.45, 7) is 1.81. The highest BCUT2D eigenvalue weighted by molar-refractivity contribution is 8.00. The lowest BCUT2D eigenvalue weighted by molar-refractivity contribution is -0.645. The van der Waals surface area contributed by atoms with Crippen LogP contribution in [0.3, 0.4) is 0 Å². The van der Waals surface area contributed by atoms with Crippen LogP contribution in [0, 0.1) is 5.21 Å². The second kappa shape index (κ2) is 4.74. The highest BCUT2D eigenvalue weighted by Gasteiger charge is 2.26. The molecule has 0 saturated heterocycles. The van der Waals surface area contributed by atoms with Gasteiger partial charge in [-0.25, -0.2) is 0 Å². The first-order valence-corrected chi connectivity index (χ1v) is 6.20. The van der Waals surface area contributed by atoms with Crippen LogP contribution in [-0.4, -0.2) is 17.2 Å². The zero-order valence-corrected chi connectivity index (χ0v) is 9.87. The van der Waals surface area contributed by atoms with Gasteiger partial charge in [0.15, 0.2) is 6.20 Å². The summed E-state index contributed by atoms with van der Waals surface area (Å²) in [6.07, 6.45) is 3.60. The van der Waals surface area contributed by atoms with Crippen molar-refractivity contribution < 1.29 is 9.52 Å². The Balaban J connectivity index is 1.92. The van der Waals surface area contributed by atoms with Crippen molar-refractivity contribution in [2.45, 2.75) is 36.1 Å². The average Bonchev–Trinajstić information content (AvgIpc) is 3.05. The lowest BCUT2D eigenvalue weighted by Gasteiger charge is -2.10. The van der Waals surface area contributed by atoms with Crippen LogP contribution in [0.4, 0.5) is 0 Å². The Morgan fingerprint density at radius 2 is 2.38 bits per heavy atom. The van der Waals surface area contributed by atoms with Crippen LogP contribution >= 0.6 is 11.8 Å². The Morgan fingerprint density at radius 3 is 3.00 bits per heavy atom. The summed E-state index contributed by atoms with van der Waals surface area (Å²) in [4.78, 5) is 11.7. The molecule has 1 saturated carbocycles. The smallest absolute Gasteiger partial charge is 0.252 e. The van der Waals surface area contributed by atoms with Crippen LogP contribution in [0.5, 0.6) is 0 Å². The largest absolute Gasteiger partial charge is 0.618 e. The van der Waals surface area contributed by atoms with E-state index in [1.165, 1.54) is 18.0 Å². The van der Waals surface area contributed by atoms with E-state index in [4.69, 9.17) is 0 Å². The normalized spacial score (nSPS) is 16.8. The van der Waals surface area contributed by atoms with Gasteiger partial charge in [0.05, 0.1) is 5.25 Å². The van der Waals surface area contributed by atoms with Crippen molar-refractivity contribution in [3.05, 3.63) is 29.6 Å². The van der Waals surface area contributed by atoms with Gasteiger partial charge in [-0.1, -0.05) is 0 Å². The fourth-order valence-corrected chi connectivity index (χ4v) is 2.14. The Morgan fingerprint density at radius 1 is 1.62 bits per heavy atom. The molecule has 0 aromatic carbocycles. The predicted molar refractivity (Wildman–Crippen MR) is 61.9 cm³/mol. The number of carbonyl (C=O) groups excluding carboxylic acids is 1. The minimum atomic E-state index is -0.233. The number of amides is 1. The maximum absolute atomic E-state index is 11.7. The third-order valence-corrected chi connectivity index (χ3v) is 3.50. The highest BCUT2D eigenvalue weighted by Crippen LogP contribution is 2.23. The summed E-state index contributed by atoms with van der Waals surface area (Å²) < 4.78 is 0.783. The van der Waals surface area contributed by atoms with Gasteiger partial charge >= 0.3 is 0 Å². The van der Waals surface area contributed by atoms with Crippen LogP contribution in [0.25, 0.3) is 0 Å². The van der Waals surface area contributed by atoms with Gasteiger partial charge in [-0.05, 0) is 37.6 Å². The van der Waals surface area contributed by atoms with E-state index in [-0.39, 0.29) is 11.2 Å². The molecule has 1 heterocycles. The van der Waals surface area contributed by atoms with E-state index in [1.54, 1.807) is 18.2 Å². The molecule has 1 aliphatic rings. The Kier molecular flexibility index (Phi) is 3.33. The Labute approximate surface area is 98.6 Å². The molecule has 0 unspecified atom stereocenters. The molecule has 2 rings (SSSR count). The molecule has 16 heavy (non-hydrogen) atoms. The summed E-state index contributed by atoms with van der Waals surface area (Å²) in [5.41, 5.74) is 0. The molecular formula is C11H14N2O2S. The minimum Gasteiger partial charge on any atom is -0.618 e. The second-order valence-electron chi connectivity index (χ2n) is 3.91. The molecular weight excluding hydrogens is 224 g/mol. The van der Waals surface area contributed by atoms with Crippen LogP contribution < -0.4 is 10.0 Å². The molecule has 0 bridgehead atoms. The standard InChI is InChI=1S/C11H14N2O2S/c1-8(11(14)12-9-5-6-9)16-10-4-2-3-7-13(10)15/h2-4,7-9H,5-6H2,1H3,(H,12,14)/t8-/m1/s1. The van der Waals surface area contributed by atoms with Gasteiger partial charge < -0.3 is 10.5 Å². The molecule has 1 amide bonds. The summed E-state index contributed by atoms with van der Waals surface area (Å²) >= 11 is 1.29. The maximum Gasteiger partial charge on any atom is 0.252 e. The van der Waals surface area contributed by atoms with Crippen molar-refractivity contribution in [3.8, 4) is 0 Å². The number of nitrogens with zero attached hydrogens (tertiary/aromatic N) is 1. The number of aromatic nitrogens is 1. The first-order valence-electron chi connectivity index (χ1n) is 5.32. The number of carbonyl (C=O) groups is 1. The molecule has 5 heteroatoms. The van der Waals surface area contributed by atoms with E-state index in [9.17, 15) is 10.0 Å². The predicted octanol–water partition coefficient (Wildman–Crippen LogP) is 1.08. The molecule has 1 atom stereocenters. The summed E-state index contributed by atoms with van der Waals surface area (Å²) in [7, 11) is 0. The van der Waals surface area contributed by atoms with Gasteiger partial charge in [0.2, 0.25) is 5.91 Å². The molecule has 1 aromatic rings. The van der Waals surface area contributed by atoms with Crippen LogP contribution in [0.2, 0.25) is 0 Å². The lowest BCUT2D eigenvalue weighted by atomic mass is 10.4. The highest BCUT2D eigenvalue weighted by atomic mass is 32.2. The van der Waals surface area contributed by atoms with Crippen LogP contribution in [0.15, 0.2) is 29.4 Å². The first kappa shape index (κ1) is 11.3. The average molecular weight is 238 g/mol. The van der Waals surface area contributed by atoms with Crippen molar-refractivity contribution in [3.63, 3.8) is 0 Å². The van der Waals surface area contributed by atoms with Crippen molar-refractivity contribution in [2.24, 2.45) is 0 Å². The van der Waals surface area contributed by atoms with Gasteiger partial charge in [0.1, 0.15) is 0 Å². The minimum absolute atomic E-state index is 0.0105. The SMILES string of the molecule is C[C@@H](Sc1cccc[n+]1[O-])C(=O)NC1CC1. The Bertz CT molecular complexity index is 393. The van der Waals surface area contributed by atoms with Gasteiger partial charge in [-0.3, -0.25) is 4.79 Å². The van der Waals surface area contributed by atoms with Crippen molar-refractivity contribution in [1.82, 2.24) is 5.32 Å². The van der Waals surface area contributed by atoms with Gasteiger partial charge in [-0.15, -0.1) is 0 Å². The molecule has 4 nitrogen and oxygen atoms in total. The number of nitrogens with one attached hydrogen (secondary N) is 1. The summed E-state index contributed by atoms with van der Waals surface area (Å²) in [5, 5.41) is 14.6. The monoisotopic (exact) mass is 238 g/mol. The second-order valence-corrected chi connectivity index (χ2v) is 5.27. The first-order chi connectivity index (χ1) is 7.66. The van der Waals surface area contributed by atoms with E-state index in [0.29, 0.717) is 11.1 Å². The zero-order chi connectivity index (χ0) is 11.5. The number of hydrogen-bond donors (Lipinski definition) is 1. The van der Waals surface area contributed by atoms with E-state index in [0.717, 1.165) is 17.6 Å². The van der Waals surface area contributed by atoms with E-state index in [2.05, 4.69) is 5.32 Å². The number of rotatable bonds is 4. The third-order valence-electron chi connectivity index (χ3n) is 2.38. The topological polar surface area (TPSA) is 56.0 Å². The quantitative estimate of drug-likeness (QED) is 0.485. The number of thioether (sulfide) groups is 1.